The Labute approximate surface area is 192 Å². The van der Waals surface area contributed by atoms with Crippen molar-refractivity contribution >= 4 is 11.5 Å². The monoisotopic (exact) mass is 444 g/mol. The molecule has 2 aromatic carbocycles. The third-order valence-electron chi connectivity index (χ3n) is 5.23. The van der Waals surface area contributed by atoms with Crippen molar-refractivity contribution in [1.29, 1.82) is 0 Å². The molecule has 0 atom stereocenters. The Balaban J connectivity index is 1.84. The lowest BCUT2D eigenvalue weighted by Crippen LogP contribution is -2.20. The summed E-state index contributed by atoms with van der Waals surface area (Å²) in [5.74, 6) is 0.105. The second kappa shape index (κ2) is 8.90. The number of benzene rings is 2. The first-order chi connectivity index (χ1) is 15.8. The van der Waals surface area contributed by atoms with Crippen molar-refractivity contribution in [3.8, 4) is 17.3 Å². The molecule has 33 heavy (non-hydrogen) atoms. The van der Waals surface area contributed by atoms with E-state index in [0.29, 0.717) is 17.2 Å². The molecular formula is C25H28N6O2. The molecule has 0 saturated heterocycles. The van der Waals surface area contributed by atoms with Gasteiger partial charge >= 0.3 is 5.56 Å². The third kappa shape index (κ3) is 4.37. The van der Waals surface area contributed by atoms with Gasteiger partial charge in [0.05, 0.1) is 11.4 Å². The van der Waals surface area contributed by atoms with Crippen LogP contribution in [0.5, 0.6) is 5.88 Å². The number of aromatic nitrogens is 4. The number of azo groups is 1. The molecule has 0 aliphatic heterocycles. The van der Waals surface area contributed by atoms with Gasteiger partial charge in [0.25, 0.3) is 0 Å². The second-order valence-electron chi connectivity index (χ2n) is 8.83. The molecule has 0 aliphatic carbocycles. The highest BCUT2D eigenvalue weighted by Gasteiger charge is 2.23. The second-order valence-corrected chi connectivity index (χ2v) is 8.83. The first-order valence-corrected chi connectivity index (χ1v) is 11.0. The predicted molar refractivity (Wildman–Crippen MR) is 128 cm³/mol. The summed E-state index contributed by atoms with van der Waals surface area (Å²) in [5, 5.41) is 23.9. The summed E-state index contributed by atoms with van der Waals surface area (Å²) >= 11 is 0. The molecule has 0 saturated carbocycles. The van der Waals surface area contributed by atoms with Gasteiger partial charge in [-0.05, 0) is 30.7 Å². The van der Waals surface area contributed by atoms with Gasteiger partial charge in [-0.1, -0.05) is 64.1 Å². The van der Waals surface area contributed by atoms with E-state index in [1.54, 1.807) is 12.1 Å². The molecular weight excluding hydrogens is 416 g/mol. The summed E-state index contributed by atoms with van der Waals surface area (Å²) in [6, 6.07) is 20.1. The number of rotatable bonds is 6. The van der Waals surface area contributed by atoms with E-state index in [1.165, 1.54) is 9.36 Å². The van der Waals surface area contributed by atoms with Gasteiger partial charge in [-0.3, -0.25) is 9.48 Å². The molecule has 0 aliphatic rings. The fourth-order valence-electron chi connectivity index (χ4n) is 3.72. The van der Waals surface area contributed by atoms with Crippen molar-refractivity contribution in [2.45, 2.75) is 46.1 Å². The van der Waals surface area contributed by atoms with Crippen molar-refractivity contribution in [2.24, 2.45) is 10.2 Å². The molecule has 4 aromatic rings. The molecule has 0 radical (unpaired) electrons. The molecule has 8 nitrogen and oxygen atoms in total. The Morgan fingerprint density at radius 1 is 0.909 bits per heavy atom. The number of aromatic hydroxyl groups is 1. The molecule has 4 rings (SSSR count). The van der Waals surface area contributed by atoms with Crippen molar-refractivity contribution in [3.05, 3.63) is 82.8 Å². The molecule has 170 valence electrons. The van der Waals surface area contributed by atoms with Gasteiger partial charge in [-0.15, -0.1) is 10.2 Å². The Morgan fingerprint density at radius 2 is 1.48 bits per heavy atom. The first kappa shape index (κ1) is 22.3. The van der Waals surface area contributed by atoms with Crippen LogP contribution in [0.3, 0.4) is 0 Å². The molecule has 0 spiro atoms. The minimum atomic E-state index is -0.477. The van der Waals surface area contributed by atoms with Crippen LogP contribution < -0.4 is 5.56 Å². The zero-order valence-electron chi connectivity index (χ0n) is 19.3. The summed E-state index contributed by atoms with van der Waals surface area (Å²) in [6.45, 7) is 9.19. The van der Waals surface area contributed by atoms with E-state index >= 15 is 0 Å². The quantitative estimate of drug-likeness (QED) is 0.390. The number of hydrogen-bond acceptors (Lipinski definition) is 5. The molecule has 0 unspecified atom stereocenters. The van der Waals surface area contributed by atoms with Gasteiger partial charge in [-0.2, -0.15) is 5.10 Å². The maximum absolute atomic E-state index is 13.3. The Hall–Kier alpha value is -3.94. The van der Waals surface area contributed by atoms with E-state index in [0.717, 1.165) is 18.7 Å². The Bertz CT molecular complexity index is 1330. The van der Waals surface area contributed by atoms with E-state index in [2.05, 4.69) is 43.0 Å². The Kier molecular flexibility index (Phi) is 6.00. The van der Waals surface area contributed by atoms with Crippen LogP contribution in [0.1, 0.15) is 39.8 Å². The van der Waals surface area contributed by atoms with Crippen LogP contribution >= 0.6 is 0 Å². The van der Waals surface area contributed by atoms with Crippen LogP contribution in [0.2, 0.25) is 0 Å². The lowest BCUT2D eigenvalue weighted by molar-refractivity contribution is 0.426. The van der Waals surface area contributed by atoms with Crippen molar-refractivity contribution in [1.82, 2.24) is 19.1 Å². The maximum Gasteiger partial charge on any atom is 0.303 e. The van der Waals surface area contributed by atoms with Crippen LogP contribution in [0.4, 0.5) is 11.5 Å². The van der Waals surface area contributed by atoms with E-state index < -0.39 is 5.56 Å². The average molecular weight is 445 g/mol. The molecule has 8 heteroatoms. The van der Waals surface area contributed by atoms with Crippen LogP contribution in [0.25, 0.3) is 11.4 Å². The van der Waals surface area contributed by atoms with E-state index in [-0.39, 0.29) is 17.0 Å². The Morgan fingerprint density at radius 3 is 2.03 bits per heavy atom. The summed E-state index contributed by atoms with van der Waals surface area (Å²) in [5.41, 5.74) is 1.52. The van der Waals surface area contributed by atoms with Crippen LogP contribution in [-0.4, -0.2) is 24.3 Å². The van der Waals surface area contributed by atoms with E-state index in [9.17, 15) is 9.90 Å². The number of para-hydroxylation sites is 2. The van der Waals surface area contributed by atoms with Gasteiger partial charge in [0.2, 0.25) is 11.6 Å². The molecule has 0 fully saturated rings. The summed E-state index contributed by atoms with van der Waals surface area (Å²) in [4.78, 5) is 13.3. The minimum Gasteiger partial charge on any atom is -0.492 e. The summed E-state index contributed by atoms with van der Waals surface area (Å²) in [6.07, 6.45) is 0.934. The zero-order chi connectivity index (χ0) is 23.6. The number of nitrogens with zero attached hydrogens (tertiary/aromatic N) is 6. The minimum absolute atomic E-state index is 0.116. The topological polar surface area (TPSA) is 89.7 Å². The average Bonchev–Trinajstić information content (AvgIpc) is 3.32. The lowest BCUT2D eigenvalue weighted by atomic mass is 9.92. The molecule has 0 amide bonds. The summed E-state index contributed by atoms with van der Waals surface area (Å²) in [7, 11) is 0. The van der Waals surface area contributed by atoms with Crippen molar-refractivity contribution in [2.75, 3.05) is 0 Å². The molecule has 0 bridgehead atoms. The van der Waals surface area contributed by atoms with Crippen molar-refractivity contribution < 1.29 is 5.11 Å². The van der Waals surface area contributed by atoms with Gasteiger partial charge in [0, 0.05) is 23.7 Å². The normalized spacial score (nSPS) is 12.0. The summed E-state index contributed by atoms with van der Waals surface area (Å²) < 4.78 is 4.74. The standard InChI is InChI=1S/C25H28N6O2/c1-5-16-29-20(25(2,3)4)17-21(28-29)26-27-22-23(32)30(18-12-8-6-9-13-18)31(24(22)33)19-14-10-7-11-15-19/h6-15,17,32H,5,16H2,1-4H3. The van der Waals surface area contributed by atoms with E-state index in [1.807, 2.05) is 59.3 Å². The van der Waals surface area contributed by atoms with Gasteiger partial charge in [0.1, 0.15) is 0 Å². The highest BCUT2D eigenvalue weighted by molar-refractivity contribution is 5.53. The van der Waals surface area contributed by atoms with Gasteiger partial charge < -0.3 is 5.11 Å². The predicted octanol–water partition coefficient (Wildman–Crippen LogP) is 5.65. The molecule has 2 aromatic heterocycles. The van der Waals surface area contributed by atoms with Gasteiger partial charge in [0.15, 0.2) is 5.82 Å². The van der Waals surface area contributed by atoms with Crippen LogP contribution in [0.15, 0.2) is 81.8 Å². The zero-order valence-corrected chi connectivity index (χ0v) is 19.3. The fourth-order valence-corrected chi connectivity index (χ4v) is 3.72. The SMILES string of the molecule is CCCn1nc(N=Nc2c(O)n(-c3ccccc3)n(-c3ccccc3)c2=O)cc1C(C)(C)C. The van der Waals surface area contributed by atoms with Crippen LogP contribution in [0, 0.1) is 0 Å². The lowest BCUT2D eigenvalue weighted by Gasteiger charge is -2.19. The largest absolute Gasteiger partial charge is 0.492 e. The molecule has 2 heterocycles. The highest BCUT2D eigenvalue weighted by Crippen LogP contribution is 2.31. The van der Waals surface area contributed by atoms with Gasteiger partial charge in [-0.25, -0.2) is 9.36 Å². The van der Waals surface area contributed by atoms with E-state index in [4.69, 9.17) is 0 Å². The number of aryl methyl sites for hydroxylation is 1. The van der Waals surface area contributed by atoms with Crippen molar-refractivity contribution in [3.63, 3.8) is 0 Å². The molecule has 1 N–H and O–H groups in total. The highest BCUT2D eigenvalue weighted by atomic mass is 16.3. The number of hydrogen-bond donors (Lipinski definition) is 1. The smallest absolute Gasteiger partial charge is 0.303 e. The third-order valence-corrected chi connectivity index (χ3v) is 5.23. The first-order valence-electron chi connectivity index (χ1n) is 11.0. The van der Waals surface area contributed by atoms with Crippen LogP contribution in [-0.2, 0) is 12.0 Å². The maximum atomic E-state index is 13.3. The fraction of sp³-hybridized carbons (Fsp3) is 0.280.